The van der Waals surface area contributed by atoms with Crippen molar-refractivity contribution in [1.29, 1.82) is 0 Å². The van der Waals surface area contributed by atoms with E-state index in [1.54, 1.807) is 25.1 Å². The zero-order valence-corrected chi connectivity index (χ0v) is 19.8. The molecule has 0 bridgehead atoms. The van der Waals surface area contributed by atoms with E-state index < -0.39 is 11.8 Å². The van der Waals surface area contributed by atoms with Gasteiger partial charge in [-0.1, -0.05) is 46.4 Å². The van der Waals surface area contributed by atoms with E-state index in [1.165, 1.54) is 29.8 Å². The van der Waals surface area contributed by atoms with Gasteiger partial charge in [0, 0.05) is 11.2 Å². The Labute approximate surface area is 203 Å². The minimum Gasteiger partial charge on any atom is -0.345 e. The number of hydrogen-bond acceptors (Lipinski definition) is 4. The zero-order valence-electron chi connectivity index (χ0n) is 16.8. The van der Waals surface area contributed by atoms with Crippen LogP contribution in [0.4, 0.5) is 5.69 Å². The maximum atomic E-state index is 13.2. The fourth-order valence-corrected chi connectivity index (χ4v) is 3.83. The molecule has 0 atom stereocenters. The summed E-state index contributed by atoms with van der Waals surface area (Å²) in [4.78, 5) is 41.3. The highest BCUT2D eigenvalue weighted by molar-refractivity contribution is 6.42. The van der Waals surface area contributed by atoms with Crippen LogP contribution in [0.3, 0.4) is 0 Å². The maximum Gasteiger partial charge on any atom is 0.272 e. The molecule has 0 aliphatic carbocycles. The third kappa shape index (κ3) is 5.07. The Morgan fingerprint density at radius 2 is 1.75 bits per heavy atom. The molecule has 7 nitrogen and oxygen atoms in total. The Hall–Kier alpha value is -2.58. The zero-order chi connectivity index (χ0) is 23.6. The van der Waals surface area contributed by atoms with Crippen LogP contribution in [0.5, 0.6) is 0 Å². The summed E-state index contributed by atoms with van der Waals surface area (Å²) in [5.74, 6) is -1.20. The third-order valence-electron chi connectivity index (χ3n) is 4.36. The van der Waals surface area contributed by atoms with Gasteiger partial charge in [-0.15, -0.1) is 0 Å². The van der Waals surface area contributed by atoms with Crippen molar-refractivity contribution in [2.75, 3.05) is 11.9 Å². The molecule has 0 radical (unpaired) electrons. The van der Waals surface area contributed by atoms with Gasteiger partial charge in [-0.2, -0.15) is 0 Å². The molecule has 3 aromatic rings. The number of nitrogens with zero attached hydrogens (tertiary/aromatic N) is 2. The van der Waals surface area contributed by atoms with Gasteiger partial charge < -0.3 is 10.6 Å². The van der Waals surface area contributed by atoms with Crippen molar-refractivity contribution in [2.45, 2.75) is 13.8 Å². The van der Waals surface area contributed by atoms with E-state index in [4.69, 9.17) is 46.4 Å². The standard InChI is InChI=1S/C21H16Cl4N4O3/c1-10-6-12(22)7-13(20(31)27-9-11(2)30)17(10)28-21(32)16-8-15(24)18(25)29(16)19-14(23)4-3-5-26-19/h3-8H,9H2,1-2H3,(H,27,31)(H,28,32). The van der Waals surface area contributed by atoms with Crippen LogP contribution in [0.2, 0.25) is 20.2 Å². The van der Waals surface area contributed by atoms with Crippen molar-refractivity contribution >= 4 is 69.7 Å². The topological polar surface area (TPSA) is 93.1 Å². The molecule has 0 saturated heterocycles. The van der Waals surface area contributed by atoms with Crippen LogP contribution in [0.1, 0.15) is 33.3 Å². The molecule has 32 heavy (non-hydrogen) atoms. The largest absolute Gasteiger partial charge is 0.345 e. The number of nitrogens with one attached hydrogen (secondary N) is 2. The number of carbonyl (C=O) groups excluding carboxylic acids is 3. The first kappa shape index (κ1) is 24.1. The monoisotopic (exact) mass is 512 g/mol. The molecule has 0 fully saturated rings. The first-order valence-electron chi connectivity index (χ1n) is 9.17. The van der Waals surface area contributed by atoms with E-state index in [1.807, 2.05) is 0 Å². The third-order valence-corrected chi connectivity index (χ3v) is 5.63. The number of amides is 2. The number of pyridine rings is 1. The van der Waals surface area contributed by atoms with E-state index in [-0.39, 0.29) is 50.3 Å². The van der Waals surface area contributed by atoms with Crippen LogP contribution in [0.15, 0.2) is 36.5 Å². The average Bonchev–Trinajstić information content (AvgIpc) is 3.03. The number of aryl methyl sites for hydroxylation is 1. The minimum absolute atomic E-state index is 0.0460. The van der Waals surface area contributed by atoms with Gasteiger partial charge >= 0.3 is 0 Å². The van der Waals surface area contributed by atoms with E-state index >= 15 is 0 Å². The summed E-state index contributed by atoms with van der Waals surface area (Å²) >= 11 is 24.8. The molecule has 2 amide bonds. The summed E-state index contributed by atoms with van der Waals surface area (Å²) in [6, 6.07) is 7.58. The quantitative estimate of drug-likeness (QED) is 0.463. The summed E-state index contributed by atoms with van der Waals surface area (Å²) in [7, 11) is 0. The van der Waals surface area contributed by atoms with Crippen molar-refractivity contribution < 1.29 is 14.4 Å². The SMILES string of the molecule is CC(=O)CNC(=O)c1cc(Cl)cc(C)c1NC(=O)c1cc(Cl)c(Cl)n1-c1ncccc1Cl. The molecule has 2 aromatic heterocycles. The van der Waals surface area contributed by atoms with E-state index in [0.717, 1.165) is 0 Å². The number of halogens is 4. The van der Waals surface area contributed by atoms with Crippen LogP contribution in [0, 0.1) is 6.92 Å². The van der Waals surface area contributed by atoms with Gasteiger partial charge in [0.15, 0.2) is 5.82 Å². The number of hydrogen-bond donors (Lipinski definition) is 2. The first-order chi connectivity index (χ1) is 15.1. The average molecular weight is 514 g/mol. The molecule has 2 N–H and O–H groups in total. The van der Waals surface area contributed by atoms with Gasteiger partial charge in [0.05, 0.1) is 27.8 Å². The van der Waals surface area contributed by atoms with Crippen LogP contribution < -0.4 is 10.6 Å². The Balaban J connectivity index is 2.04. The van der Waals surface area contributed by atoms with Gasteiger partial charge in [0.25, 0.3) is 11.8 Å². The van der Waals surface area contributed by atoms with E-state index in [0.29, 0.717) is 10.6 Å². The summed E-state index contributed by atoms with van der Waals surface area (Å²) in [6.45, 7) is 2.86. The lowest BCUT2D eigenvalue weighted by Gasteiger charge is -2.16. The van der Waals surface area contributed by atoms with Crippen LogP contribution in [-0.2, 0) is 4.79 Å². The maximum absolute atomic E-state index is 13.2. The molecule has 2 heterocycles. The molecule has 3 rings (SSSR count). The first-order valence-corrected chi connectivity index (χ1v) is 10.7. The number of anilines is 1. The number of ketones is 1. The van der Waals surface area contributed by atoms with Gasteiger partial charge in [-0.25, -0.2) is 4.98 Å². The Morgan fingerprint density at radius 1 is 1.03 bits per heavy atom. The smallest absolute Gasteiger partial charge is 0.272 e. The summed E-state index contributed by atoms with van der Waals surface area (Å²) in [5, 5.41) is 5.91. The molecule has 0 aliphatic rings. The lowest BCUT2D eigenvalue weighted by Crippen LogP contribution is -2.29. The molecule has 0 spiro atoms. The van der Waals surface area contributed by atoms with Crippen molar-refractivity contribution in [2.24, 2.45) is 0 Å². The second-order valence-corrected chi connectivity index (χ2v) is 8.41. The number of aromatic nitrogens is 2. The van der Waals surface area contributed by atoms with Gasteiger partial charge in [-0.3, -0.25) is 19.0 Å². The molecule has 1 aromatic carbocycles. The normalized spacial score (nSPS) is 10.7. The van der Waals surface area contributed by atoms with Crippen LogP contribution in [-0.4, -0.2) is 33.7 Å². The Morgan fingerprint density at radius 3 is 2.41 bits per heavy atom. The molecular formula is C21H16Cl4N4O3. The molecular weight excluding hydrogens is 498 g/mol. The van der Waals surface area contributed by atoms with Crippen molar-refractivity contribution in [1.82, 2.24) is 14.9 Å². The number of carbonyl (C=O) groups is 3. The van der Waals surface area contributed by atoms with Crippen molar-refractivity contribution in [3.05, 3.63) is 73.6 Å². The highest BCUT2D eigenvalue weighted by atomic mass is 35.5. The molecule has 166 valence electrons. The highest BCUT2D eigenvalue weighted by Crippen LogP contribution is 2.33. The molecule has 11 heteroatoms. The predicted octanol–water partition coefficient (Wildman–Crippen LogP) is 5.37. The van der Waals surface area contributed by atoms with Gasteiger partial charge in [0.2, 0.25) is 0 Å². The summed E-state index contributed by atoms with van der Waals surface area (Å²) < 4.78 is 1.31. The van der Waals surface area contributed by atoms with E-state index in [2.05, 4.69) is 15.6 Å². The lowest BCUT2D eigenvalue weighted by atomic mass is 10.1. The highest BCUT2D eigenvalue weighted by Gasteiger charge is 2.24. The summed E-state index contributed by atoms with van der Waals surface area (Å²) in [6.07, 6.45) is 1.49. The Kier molecular flexibility index (Phi) is 7.46. The molecule has 0 unspecified atom stereocenters. The Bertz CT molecular complexity index is 1240. The van der Waals surface area contributed by atoms with Crippen molar-refractivity contribution in [3.8, 4) is 5.82 Å². The molecule has 0 aliphatic heterocycles. The second kappa shape index (κ2) is 9.92. The van der Waals surface area contributed by atoms with Crippen LogP contribution >= 0.6 is 46.4 Å². The lowest BCUT2D eigenvalue weighted by molar-refractivity contribution is -0.116. The van der Waals surface area contributed by atoms with Crippen molar-refractivity contribution in [3.63, 3.8) is 0 Å². The number of rotatable bonds is 6. The van der Waals surface area contributed by atoms with Crippen LogP contribution in [0.25, 0.3) is 5.82 Å². The fraction of sp³-hybridized carbons (Fsp3) is 0.143. The fourth-order valence-electron chi connectivity index (χ4n) is 2.94. The predicted molar refractivity (Wildman–Crippen MR) is 126 cm³/mol. The summed E-state index contributed by atoms with van der Waals surface area (Å²) in [5.41, 5.74) is 0.887. The molecule has 0 saturated carbocycles. The van der Waals surface area contributed by atoms with Gasteiger partial charge in [-0.05, 0) is 49.7 Å². The number of Topliss-reactive ketones (excluding diaryl/α,β-unsaturated/α-hetero) is 1. The van der Waals surface area contributed by atoms with E-state index in [9.17, 15) is 14.4 Å². The van der Waals surface area contributed by atoms with Gasteiger partial charge in [0.1, 0.15) is 16.6 Å². The minimum atomic E-state index is -0.619. The number of benzene rings is 1. The second-order valence-electron chi connectivity index (χ2n) is 6.80.